The molecule has 8 nitrogen and oxygen atoms in total. The van der Waals surface area contributed by atoms with Crippen LogP contribution < -0.4 is 4.74 Å². The van der Waals surface area contributed by atoms with Crippen molar-refractivity contribution in [1.82, 2.24) is 4.90 Å². The van der Waals surface area contributed by atoms with Gasteiger partial charge in [0.1, 0.15) is 23.2 Å². The number of carbonyl (C=O) groups is 3. The van der Waals surface area contributed by atoms with Gasteiger partial charge in [0.15, 0.2) is 0 Å². The molecule has 5 rings (SSSR count). The molecule has 0 bridgehead atoms. The van der Waals surface area contributed by atoms with Crippen LogP contribution in [0.1, 0.15) is 101 Å². The average Bonchev–Trinajstić information content (AvgIpc) is 3.14. The van der Waals surface area contributed by atoms with Gasteiger partial charge in [-0.05, 0) is 56.9 Å². The Morgan fingerprint density at radius 1 is 1.16 bits per heavy atom. The molecule has 0 radical (unpaired) electrons. The van der Waals surface area contributed by atoms with Gasteiger partial charge < -0.3 is 24.6 Å². The molecule has 4 aliphatic rings. The summed E-state index contributed by atoms with van der Waals surface area (Å²) in [6.45, 7) is 11.3. The van der Waals surface area contributed by atoms with E-state index in [-0.39, 0.29) is 46.9 Å². The maximum atomic E-state index is 13.3. The first-order chi connectivity index (χ1) is 17.8. The number of phenolic OH excluding ortho intramolecular Hbond substituents is 1. The van der Waals surface area contributed by atoms with Crippen molar-refractivity contribution in [3.05, 3.63) is 22.8 Å². The van der Waals surface area contributed by atoms with Crippen molar-refractivity contribution < 1.29 is 34.1 Å². The van der Waals surface area contributed by atoms with Crippen LogP contribution >= 0.6 is 0 Å². The number of nitrogens with zero attached hydrogens (tertiary/aromatic N) is 1. The normalized spacial score (nSPS) is 32.9. The number of carboxylic acids is 1. The van der Waals surface area contributed by atoms with Crippen LogP contribution in [0.3, 0.4) is 0 Å². The lowest BCUT2D eigenvalue weighted by Gasteiger charge is -2.67. The zero-order chi connectivity index (χ0) is 27.6. The van der Waals surface area contributed by atoms with E-state index in [1.807, 2.05) is 0 Å². The van der Waals surface area contributed by atoms with Gasteiger partial charge in [-0.1, -0.05) is 27.7 Å². The van der Waals surface area contributed by atoms with Gasteiger partial charge in [0.2, 0.25) is 0 Å². The van der Waals surface area contributed by atoms with E-state index >= 15 is 0 Å². The summed E-state index contributed by atoms with van der Waals surface area (Å²) in [5.74, 6) is 0.0367. The third kappa shape index (κ3) is 3.89. The standard InChI is InChI=1S/C30H41NO7/c1-17-9-10-23-28(3,4)24(37-18(2)32)11-12-30(23)29(17,5)15-20-22(33)14-19-21(26(20)38-30)16-31(27(19)36)13-7-6-8-25(34)35/h14,17,23-24,33H,6-13,15-16H2,1-5H3,(H,34,35)/t17-,23-,24-,29+,30-/m0/s1. The number of aliphatic carboxylic acids is 1. The minimum absolute atomic E-state index is 0.0824. The molecule has 38 heavy (non-hydrogen) atoms. The molecule has 5 atom stereocenters. The summed E-state index contributed by atoms with van der Waals surface area (Å²) >= 11 is 0. The number of esters is 1. The van der Waals surface area contributed by atoms with Crippen molar-refractivity contribution in [2.24, 2.45) is 22.7 Å². The van der Waals surface area contributed by atoms with Crippen molar-refractivity contribution >= 4 is 17.8 Å². The van der Waals surface area contributed by atoms with Crippen LogP contribution in [0.4, 0.5) is 0 Å². The summed E-state index contributed by atoms with van der Waals surface area (Å²) in [4.78, 5) is 37.8. The number of ether oxygens (including phenoxy) is 2. The highest BCUT2D eigenvalue weighted by Gasteiger charge is 2.68. The molecule has 1 aromatic rings. The molecule has 2 N–H and O–H groups in total. The Morgan fingerprint density at radius 3 is 2.58 bits per heavy atom. The maximum Gasteiger partial charge on any atom is 0.303 e. The summed E-state index contributed by atoms with van der Waals surface area (Å²) in [5, 5.41) is 20.1. The van der Waals surface area contributed by atoms with Crippen molar-refractivity contribution in [3.63, 3.8) is 0 Å². The zero-order valence-electron chi connectivity index (χ0n) is 23.3. The fourth-order valence-electron chi connectivity index (χ4n) is 8.25. The number of fused-ring (bicyclic) bond motifs is 3. The van der Waals surface area contributed by atoms with Crippen LogP contribution in [0.25, 0.3) is 0 Å². The van der Waals surface area contributed by atoms with Crippen LogP contribution in [0.15, 0.2) is 6.07 Å². The van der Waals surface area contributed by atoms with Crippen molar-refractivity contribution in [2.75, 3.05) is 6.54 Å². The molecule has 2 aliphatic heterocycles. The molecule has 208 valence electrons. The Bertz CT molecular complexity index is 1180. The number of hydrogen-bond donors (Lipinski definition) is 2. The second-order valence-corrected chi connectivity index (χ2v) is 12.9. The zero-order valence-corrected chi connectivity index (χ0v) is 23.3. The third-order valence-electron chi connectivity index (χ3n) is 10.5. The Kier molecular flexibility index (Phi) is 6.47. The second kappa shape index (κ2) is 9.16. The Morgan fingerprint density at radius 2 is 1.89 bits per heavy atom. The lowest BCUT2D eigenvalue weighted by molar-refractivity contribution is -0.238. The van der Waals surface area contributed by atoms with Crippen molar-refractivity contribution in [2.45, 2.75) is 104 Å². The van der Waals surface area contributed by atoms with Gasteiger partial charge in [0.25, 0.3) is 5.91 Å². The Balaban J connectivity index is 1.52. The molecule has 0 unspecified atom stereocenters. The fourth-order valence-corrected chi connectivity index (χ4v) is 8.25. The highest BCUT2D eigenvalue weighted by Crippen LogP contribution is 2.67. The lowest BCUT2D eigenvalue weighted by atomic mass is 9.43. The molecule has 8 heteroatoms. The Labute approximate surface area is 224 Å². The summed E-state index contributed by atoms with van der Waals surface area (Å²) in [6.07, 6.45) is 5.13. The van der Waals surface area contributed by atoms with Gasteiger partial charge in [-0.15, -0.1) is 0 Å². The van der Waals surface area contributed by atoms with Crippen LogP contribution in [-0.2, 0) is 27.3 Å². The van der Waals surface area contributed by atoms with E-state index in [4.69, 9.17) is 14.6 Å². The topological polar surface area (TPSA) is 113 Å². The summed E-state index contributed by atoms with van der Waals surface area (Å²) in [5.41, 5.74) is 1.06. The number of carboxylic acid groups (broad SMARTS) is 1. The van der Waals surface area contributed by atoms with E-state index in [1.54, 1.807) is 11.0 Å². The maximum absolute atomic E-state index is 13.3. The monoisotopic (exact) mass is 527 g/mol. The predicted molar refractivity (Wildman–Crippen MR) is 140 cm³/mol. The summed E-state index contributed by atoms with van der Waals surface area (Å²) < 4.78 is 13.0. The number of aromatic hydroxyl groups is 1. The molecule has 2 fully saturated rings. The Hall–Kier alpha value is -2.77. The fraction of sp³-hybridized carbons (Fsp3) is 0.700. The highest BCUT2D eigenvalue weighted by atomic mass is 16.5. The molecule has 2 heterocycles. The van der Waals surface area contributed by atoms with Gasteiger partial charge in [0, 0.05) is 47.8 Å². The minimum Gasteiger partial charge on any atom is -0.508 e. The van der Waals surface area contributed by atoms with Gasteiger partial charge in [-0.25, -0.2) is 0 Å². The third-order valence-corrected chi connectivity index (χ3v) is 10.5. The first-order valence-corrected chi connectivity index (χ1v) is 14.1. The second-order valence-electron chi connectivity index (χ2n) is 12.9. The van der Waals surface area contributed by atoms with Gasteiger partial charge >= 0.3 is 11.9 Å². The van der Waals surface area contributed by atoms with E-state index in [0.29, 0.717) is 56.0 Å². The summed E-state index contributed by atoms with van der Waals surface area (Å²) in [7, 11) is 0. The van der Waals surface area contributed by atoms with E-state index in [0.717, 1.165) is 30.4 Å². The van der Waals surface area contributed by atoms with Crippen molar-refractivity contribution in [3.8, 4) is 11.5 Å². The molecule has 0 aromatic heterocycles. The molecule has 2 saturated carbocycles. The highest BCUT2D eigenvalue weighted by molar-refractivity contribution is 6.00. The SMILES string of the molecule is CC(=O)O[C@H]1CC[C@@]23Oc4c(c(O)cc5c4CN(CCCCC(=O)O)C5=O)C[C@]2(C)[C@@H](C)CC[C@H]3C1(C)C. The van der Waals surface area contributed by atoms with Gasteiger partial charge in [-0.3, -0.25) is 14.4 Å². The minimum atomic E-state index is -0.835. The van der Waals surface area contributed by atoms with Crippen molar-refractivity contribution in [1.29, 1.82) is 0 Å². The number of benzene rings is 1. The smallest absolute Gasteiger partial charge is 0.303 e. The number of carbonyl (C=O) groups excluding carboxylic acids is 2. The molecule has 1 spiro atoms. The van der Waals surface area contributed by atoms with Crippen LogP contribution in [0.5, 0.6) is 11.5 Å². The van der Waals surface area contributed by atoms with E-state index < -0.39 is 11.6 Å². The molecule has 2 aliphatic carbocycles. The molecule has 1 amide bonds. The van der Waals surface area contributed by atoms with Crippen LogP contribution in [0.2, 0.25) is 0 Å². The first kappa shape index (κ1) is 26.8. The number of amides is 1. The molecule has 1 aromatic carbocycles. The summed E-state index contributed by atoms with van der Waals surface area (Å²) in [6, 6.07) is 1.60. The van der Waals surface area contributed by atoms with Gasteiger partial charge in [0.05, 0.1) is 12.1 Å². The average molecular weight is 528 g/mol. The quantitative estimate of drug-likeness (QED) is 0.392. The molecular weight excluding hydrogens is 486 g/mol. The lowest BCUT2D eigenvalue weighted by Crippen LogP contribution is -2.70. The number of rotatable bonds is 6. The molecular formula is C30H41NO7. The van der Waals surface area contributed by atoms with Crippen LogP contribution in [-0.4, -0.2) is 51.2 Å². The number of hydrogen-bond acceptors (Lipinski definition) is 6. The number of unbranched alkanes of at least 4 members (excludes halogenated alkanes) is 1. The molecule has 0 saturated heterocycles. The van der Waals surface area contributed by atoms with Crippen LogP contribution in [0, 0.1) is 22.7 Å². The first-order valence-electron chi connectivity index (χ1n) is 14.1. The largest absolute Gasteiger partial charge is 0.508 e. The van der Waals surface area contributed by atoms with Gasteiger partial charge in [-0.2, -0.15) is 0 Å². The predicted octanol–water partition coefficient (Wildman–Crippen LogP) is 5.08. The number of phenols is 1. The van der Waals surface area contributed by atoms with E-state index in [9.17, 15) is 19.5 Å². The van der Waals surface area contributed by atoms with E-state index in [1.165, 1.54) is 6.92 Å². The van der Waals surface area contributed by atoms with E-state index in [2.05, 4.69) is 27.7 Å².